The minimum atomic E-state index is -0.278. The van der Waals surface area contributed by atoms with Crippen LogP contribution in [-0.2, 0) is 4.79 Å². The number of hydrogen-bond acceptors (Lipinski definition) is 3. The lowest BCUT2D eigenvalue weighted by molar-refractivity contribution is -0.115. The zero-order chi connectivity index (χ0) is 19.5. The minimum absolute atomic E-state index is 0.0766. The Labute approximate surface area is 167 Å². The molecule has 0 bridgehead atoms. The van der Waals surface area contributed by atoms with Gasteiger partial charge in [-0.1, -0.05) is 38.7 Å². The standard InChI is InChI=1S/C23H32FN3O/c1-17-15-23(28)25-21-10-9-18(24)16-22(21)27(17)20-11-13-26(14-12-20)19-7-5-3-2-4-6-8-19/h9-10,16,19-20H,1-8,11-15H2,(H,25,28). The second-order valence-electron chi connectivity index (χ2n) is 8.59. The summed E-state index contributed by atoms with van der Waals surface area (Å²) in [5, 5.41) is 2.90. The van der Waals surface area contributed by atoms with Crippen molar-refractivity contribution in [3.63, 3.8) is 0 Å². The average Bonchev–Trinajstić information content (AvgIpc) is 2.76. The van der Waals surface area contributed by atoms with Gasteiger partial charge in [-0.15, -0.1) is 0 Å². The van der Waals surface area contributed by atoms with Crippen LogP contribution in [0.5, 0.6) is 0 Å². The number of benzene rings is 1. The van der Waals surface area contributed by atoms with Crippen LogP contribution in [0.15, 0.2) is 30.5 Å². The largest absolute Gasteiger partial charge is 0.340 e. The number of piperidine rings is 1. The molecule has 3 aliphatic rings. The summed E-state index contributed by atoms with van der Waals surface area (Å²) in [5.41, 5.74) is 2.21. The molecule has 5 heteroatoms. The number of anilines is 2. The second kappa shape index (κ2) is 8.64. The minimum Gasteiger partial charge on any atom is -0.340 e. The fourth-order valence-electron chi connectivity index (χ4n) is 5.21. The third kappa shape index (κ3) is 4.24. The first kappa shape index (κ1) is 19.4. The highest BCUT2D eigenvalue weighted by Crippen LogP contribution is 2.37. The lowest BCUT2D eigenvalue weighted by Crippen LogP contribution is -2.48. The molecule has 1 saturated carbocycles. The van der Waals surface area contributed by atoms with Crippen LogP contribution in [0.2, 0.25) is 0 Å². The summed E-state index contributed by atoms with van der Waals surface area (Å²) < 4.78 is 14.0. The van der Waals surface area contributed by atoms with Gasteiger partial charge in [0.2, 0.25) is 5.91 Å². The van der Waals surface area contributed by atoms with E-state index in [1.807, 2.05) is 0 Å². The summed E-state index contributed by atoms with van der Waals surface area (Å²) in [4.78, 5) is 17.0. The van der Waals surface area contributed by atoms with Crippen molar-refractivity contribution >= 4 is 17.3 Å². The molecule has 0 aromatic heterocycles. The Kier molecular flexibility index (Phi) is 6.00. The Morgan fingerprint density at radius 3 is 2.36 bits per heavy atom. The Hall–Kier alpha value is -1.88. The fourth-order valence-corrected chi connectivity index (χ4v) is 5.21. The van der Waals surface area contributed by atoms with E-state index in [-0.39, 0.29) is 24.2 Å². The molecule has 1 aromatic rings. The molecule has 1 amide bonds. The van der Waals surface area contributed by atoms with Gasteiger partial charge in [0.1, 0.15) is 5.82 Å². The number of halogens is 1. The third-order valence-electron chi connectivity index (χ3n) is 6.65. The van der Waals surface area contributed by atoms with E-state index in [9.17, 15) is 9.18 Å². The summed E-state index contributed by atoms with van der Waals surface area (Å²) in [5.74, 6) is -0.355. The van der Waals surface area contributed by atoms with Crippen LogP contribution >= 0.6 is 0 Å². The predicted molar refractivity (Wildman–Crippen MR) is 112 cm³/mol. The van der Waals surface area contributed by atoms with Crippen LogP contribution in [0, 0.1) is 5.82 Å². The molecule has 28 heavy (non-hydrogen) atoms. The number of carbonyl (C=O) groups is 1. The second-order valence-corrected chi connectivity index (χ2v) is 8.59. The topological polar surface area (TPSA) is 35.6 Å². The maximum Gasteiger partial charge on any atom is 0.230 e. The highest BCUT2D eigenvalue weighted by Gasteiger charge is 2.32. The van der Waals surface area contributed by atoms with Crippen LogP contribution in [0.3, 0.4) is 0 Å². The van der Waals surface area contributed by atoms with Crippen molar-refractivity contribution < 1.29 is 9.18 Å². The van der Waals surface area contributed by atoms with E-state index in [0.29, 0.717) is 5.69 Å². The van der Waals surface area contributed by atoms with Crippen molar-refractivity contribution in [2.75, 3.05) is 23.3 Å². The first-order chi connectivity index (χ1) is 13.6. The number of amides is 1. The van der Waals surface area contributed by atoms with E-state index in [1.54, 1.807) is 6.07 Å². The first-order valence-corrected chi connectivity index (χ1v) is 10.9. The van der Waals surface area contributed by atoms with E-state index in [2.05, 4.69) is 21.7 Å². The molecular formula is C23H32FN3O. The lowest BCUT2D eigenvalue weighted by Gasteiger charge is -2.43. The van der Waals surface area contributed by atoms with Crippen molar-refractivity contribution in [3.05, 3.63) is 36.3 Å². The van der Waals surface area contributed by atoms with Crippen LogP contribution in [-0.4, -0.2) is 36.0 Å². The number of carbonyl (C=O) groups excluding carboxylic acids is 1. The number of nitrogens with one attached hydrogen (secondary N) is 1. The van der Waals surface area contributed by atoms with Crippen molar-refractivity contribution in [2.24, 2.45) is 0 Å². The Morgan fingerprint density at radius 1 is 0.964 bits per heavy atom. The summed E-state index contributed by atoms with van der Waals surface area (Å²) in [7, 11) is 0. The monoisotopic (exact) mass is 385 g/mol. The van der Waals surface area contributed by atoms with Crippen molar-refractivity contribution in [1.29, 1.82) is 0 Å². The number of rotatable bonds is 2. The molecule has 2 heterocycles. The SMILES string of the molecule is C=C1CC(=O)Nc2ccc(F)cc2N1C1CCN(C2CCCCCCC2)CC1. The molecule has 152 valence electrons. The van der Waals surface area contributed by atoms with E-state index in [1.165, 1.54) is 57.1 Å². The normalized spacial score (nSPS) is 23.5. The van der Waals surface area contributed by atoms with E-state index in [4.69, 9.17) is 0 Å². The zero-order valence-corrected chi connectivity index (χ0v) is 16.8. The molecule has 1 saturated heterocycles. The van der Waals surface area contributed by atoms with Gasteiger partial charge in [-0.2, -0.15) is 0 Å². The molecule has 2 aliphatic heterocycles. The van der Waals surface area contributed by atoms with Gasteiger partial charge in [0.05, 0.1) is 17.8 Å². The Morgan fingerprint density at radius 2 is 1.64 bits per heavy atom. The predicted octanol–water partition coefficient (Wildman–Crippen LogP) is 5.07. The van der Waals surface area contributed by atoms with Crippen LogP contribution in [0.4, 0.5) is 15.8 Å². The summed E-state index contributed by atoms with van der Waals surface area (Å²) in [6.07, 6.45) is 11.8. The highest BCUT2D eigenvalue weighted by molar-refractivity contribution is 5.98. The summed E-state index contributed by atoms with van der Waals surface area (Å²) in [6.45, 7) is 6.32. The smallest absolute Gasteiger partial charge is 0.230 e. The van der Waals surface area contributed by atoms with Gasteiger partial charge in [-0.3, -0.25) is 4.79 Å². The molecule has 1 N–H and O–H groups in total. The van der Waals surface area contributed by atoms with Gasteiger partial charge in [-0.05, 0) is 43.9 Å². The zero-order valence-electron chi connectivity index (χ0n) is 16.8. The number of fused-ring (bicyclic) bond motifs is 1. The van der Waals surface area contributed by atoms with Gasteiger partial charge in [0, 0.05) is 30.9 Å². The molecule has 0 radical (unpaired) electrons. The lowest BCUT2D eigenvalue weighted by atomic mass is 9.92. The molecule has 0 unspecified atom stereocenters. The van der Waals surface area contributed by atoms with Gasteiger partial charge in [-0.25, -0.2) is 4.39 Å². The van der Waals surface area contributed by atoms with Crippen LogP contribution in [0.1, 0.15) is 64.2 Å². The van der Waals surface area contributed by atoms with Gasteiger partial charge >= 0.3 is 0 Å². The van der Waals surface area contributed by atoms with Crippen molar-refractivity contribution in [3.8, 4) is 0 Å². The van der Waals surface area contributed by atoms with E-state index < -0.39 is 0 Å². The number of nitrogens with zero attached hydrogens (tertiary/aromatic N) is 2. The maximum absolute atomic E-state index is 14.0. The maximum atomic E-state index is 14.0. The number of hydrogen-bond donors (Lipinski definition) is 1. The van der Waals surface area contributed by atoms with Gasteiger partial charge in [0.25, 0.3) is 0 Å². The molecule has 0 atom stereocenters. The van der Waals surface area contributed by atoms with E-state index >= 15 is 0 Å². The first-order valence-electron chi connectivity index (χ1n) is 10.9. The van der Waals surface area contributed by atoms with E-state index in [0.717, 1.165) is 43.4 Å². The molecule has 1 aliphatic carbocycles. The van der Waals surface area contributed by atoms with Crippen LogP contribution in [0.25, 0.3) is 0 Å². The summed E-state index contributed by atoms with van der Waals surface area (Å²) >= 11 is 0. The van der Waals surface area contributed by atoms with Gasteiger partial charge in [0.15, 0.2) is 0 Å². The molecule has 0 spiro atoms. The van der Waals surface area contributed by atoms with Crippen molar-refractivity contribution in [1.82, 2.24) is 4.90 Å². The number of likely N-dealkylation sites (tertiary alicyclic amines) is 1. The Balaban J connectivity index is 1.48. The van der Waals surface area contributed by atoms with Crippen LogP contribution < -0.4 is 10.2 Å². The quantitative estimate of drug-likeness (QED) is 0.772. The molecule has 4 nitrogen and oxygen atoms in total. The Bertz CT molecular complexity index is 719. The fraction of sp³-hybridized carbons (Fsp3) is 0.609. The molecule has 1 aromatic carbocycles. The summed E-state index contributed by atoms with van der Waals surface area (Å²) in [6, 6.07) is 5.60. The van der Waals surface area contributed by atoms with Gasteiger partial charge < -0.3 is 15.1 Å². The third-order valence-corrected chi connectivity index (χ3v) is 6.65. The molecule has 2 fully saturated rings. The average molecular weight is 386 g/mol. The van der Waals surface area contributed by atoms with Crippen molar-refractivity contribution in [2.45, 2.75) is 76.3 Å². The molecular weight excluding hydrogens is 353 g/mol. The molecule has 4 rings (SSSR count). The highest BCUT2D eigenvalue weighted by atomic mass is 19.1.